The van der Waals surface area contributed by atoms with Crippen LogP contribution in [-0.2, 0) is 6.42 Å². The highest BCUT2D eigenvalue weighted by atomic mass is 79.9. The van der Waals surface area contributed by atoms with E-state index in [0.717, 1.165) is 49.0 Å². The Morgan fingerprint density at radius 1 is 1.33 bits per heavy atom. The van der Waals surface area contributed by atoms with Gasteiger partial charge in [0.05, 0.1) is 0 Å². The summed E-state index contributed by atoms with van der Waals surface area (Å²) in [4.78, 5) is 0. The van der Waals surface area contributed by atoms with Gasteiger partial charge >= 0.3 is 0 Å². The number of hydrogen-bond donors (Lipinski definition) is 1. The largest absolute Gasteiger partial charge is 0.490 e. The number of ether oxygens (including phenoxy) is 1. The highest BCUT2D eigenvalue weighted by Gasteiger charge is 2.15. The van der Waals surface area contributed by atoms with E-state index >= 15 is 0 Å². The molecule has 4 heteroatoms. The Bertz CT molecular complexity index is 367. The third-order valence-electron chi connectivity index (χ3n) is 3.12. The van der Waals surface area contributed by atoms with Crippen molar-refractivity contribution in [3.8, 4) is 5.75 Å². The molecule has 2 rings (SSSR count). The molecule has 2 nitrogen and oxygen atoms in total. The number of piperidine rings is 1. The number of hydrogen-bond acceptors (Lipinski definition) is 2. The molecule has 1 N–H and O–H groups in total. The van der Waals surface area contributed by atoms with Crippen LogP contribution in [0.25, 0.3) is 0 Å². The summed E-state index contributed by atoms with van der Waals surface area (Å²) in [5.41, 5.74) is 1.32. The lowest BCUT2D eigenvalue weighted by Gasteiger charge is -2.25. The summed E-state index contributed by atoms with van der Waals surface area (Å²) in [6.45, 7) is 4.35. The average Bonchev–Trinajstić information content (AvgIpc) is 2.34. The van der Waals surface area contributed by atoms with E-state index in [-0.39, 0.29) is 12.4 Å². The van der Waals surface area contributed by atoms with Crippen molar-refractivity contribution in [1.29, 1.82) is 0 Å². The van der Waals surface area contributed by atoms with E-state index in [2.05, 4.69) is 46.4 Å². The Balaban J connectivity index is 0.00000162. The summed E-state index contributed by atoms with van der Waals surface area (Å²) in [5, 5.41) is 3.36. The summed E-state index contributed by atoms with van der Waals surface area (Å²) in [5.74, 6) is 1.07. The van der Waals surface area contributed by atoms with Crippen molar-refractivity contribution in [2.75, 3.05) is 13.1 Å². The lowest BCUT2D eigenvalue weighted by molar-refractivity contribution is 0.161. The van der Waals surface area contributed by atoms with Gasteiger partial charge in [0.2, 0.25) is 0 Å². The van der Waals surface area contributed by atoms with E-state index in [1.54, 1.807) is 0 Å². The molecule has 1 aromatic rings. The predicted octanol–water partition coefficient (Wildman–Crippen LogP) is 3.95. The van der Waals surface area contributed by atoms with Crippen molar-refractivity contribution in [2.45, 2.75) is 38.7 Å². The minimum absolute atomic E-state index is 0. The first kappa shape index (κ1) is 15.8. The van der Waals surface area contributed by atoms with Crippen molar-refractivity contribution < 1.29 is 4.74 Å². The number of nitrogens with one attached hydrogen (secondary N) is 1. The second-order valence-corrected chi connectivity index (χ2v) is 5.48. The van der Waals surface area contributed by atoms with Gasteiger partial charge in [-0.1, -0.05) is 29.3 Å². The van der Waals surface area contributed by atoms with Crippen molar-refractivity contribution in [1.82, 2.24) is 5.32 Å². The highest BCUT2D eigenvalue weighted by molar-refractivity contribution is 9.10. The van der Waals surface area contributed by atoms with Crippen molar-refractivity contribution >= 4 is 28.3 Å². The second-order valence-electron chi connectivity index (χ2n) is 4.57. The molecule has 0 aliphatic carbocycles. The molecule has 0 aromatic heterocycles. The van der Waals surface area contributed by atoms with Gasteiger partial charge in [-0.25, -0.2) is 0 Å². The SMILES string of the molecule is CCCc1cc(Br)ccc1OC1CCNCC1.Cl. The van der Waals surface area contributed by atoms with Crippen LogP contribution in [-0.4, -0.2) is 19.2 Å². The first-order valence-corrected chi connectivity index (χ1v) is 7.24. The molecule has 0 amide bonds. The summed E-state index contributed by atoms with van der Waals surface area (Å²) >= 11 is 3.53. The Morgan fingerprint density at radius 2 is 2.06 bits per heavy atom. The molecule has 0 unspecified atom stereocenters. The Kier molecular flexibility index (Phi) is 7.05. The van der Waals surface area contributed by atoms with Crippen LogP contribution in [0.15, 0.2) is 22.7 Å². The predicted molar refractivity (Wildman–Crippen MR) is 81.9 cm³/mol. The van der Waals surface area contributed by atoms with E-state index in [9.17, 15) is 0 Å². The molecule has 0 atom stereocenters. The summed E-state index contributed by atoms with van der Waals surface area (Å²) in [7, 11) is 0. The van der Waals surface area contributed by atoms with Gasteiger partial charge in [0.1, 0.15) is 11.9 Å². The molecule has 1 aliphatic rings. The Morgan fingerprint density at radius 3 is 2.72 bits per heavy atom. The van der Waals surface area contributed by atoms with Gasteiger partial charge in [-0.3, -0.25) is 0 Å². The zero-order chi connectivity index (χ0) is 12.1. The fraction of sp³-hybridized carbons (Fsp3) is 0.571. The smallest absolute Gasteiger partial charge is 0.122 e. The third kappa shape index (κ3) is 4.45. The summed E-state index contributed by atoms with van der Waals surface area (Å²) in [6.07, 6.45) is 4.84. The lowest BCUT2D eigenvalue weighted by Crippen LogP contribution is -2.34. The number of rotatable bonds is 4. The monoisotopic (exact) mass is 333 g/mol. The maximum absolute atomic E-state index is 6.13. The van der Waals surface area contributed by atoms with Gasteiger partial charge in [-0.05, 0) is 56.1 Å². The molecular weight excluding hydrogens is 314 g/mol. The first-order chi connectivity index (χ1) is 8.29. The lowest BCUT2D eigenvalue weighted by atomic mass is 10.1. The van der Waals surface area contributed by atoms with E-state index in [4.69, 9.17) is 4.74 Å². The highest BCUT2D eigenvalue weighted by Crippen LogP contribution is 2.26. The third-order valence-corrected chi connectivity index (χ3v) is 3.61. The summed E-state index contributed by atoms with van der Waals surface area (Å²) < 4.78 is 7.27. The molecule has 0 bridgehead atoms. The van der Waals surface area contributed by atoms with Gasteiger partial charge < -0.3 is 10.1 Å². The minimum atomic E-state index is 0. The zero-order valence-corrected chi connectivity index (χ0v) is 13.1. The fourth-order valence-corrected chi connectivity index (χ4v) is 2.63. The van der Waals surface area contributed by atoms with E-state index in [1.807, 2.05) is 0 Å². The van der Waals surface area contributed by atoms with Crippen molar-refractivity contribution in [3.05, 3.63) is 28.2 Å². The standard InChI is InChI=1S/C14H20BrNO.ClH/c1-2-3-11-10-12(15)4-5-14(11)17-13-6-8-16-9-7-13;/h4-5,10,13,16H,2-3,6-9H2,1H3;1H. The zero-order valence-electron chi connectivity index (χ0n) is 10.7. The van der Waals surface area contributed by atoms with E-state index < -0.39 is 0 Å². The van der Waals surface area contributed by atoms with Gasteiger partial charge in [0.15, 0.2) is 0 Å². The molecule has 0 spiro atoms. The van der Waals surface area contributed by atoms with Crippen LogP contribution >= 0.6 is 28.3 Å². The van der Waals surface area contributed by atoms with Crippen LogP contribution in [0, 0.1) is 0 Å². The van der Waals surface area contributed by atoms with Crippen LogP contribution < -0.4 is 10.1 Å². The minimum Gasteiger partial charge on any atom is -0.490 e. The molecule has 0 radical (unpaired) electrons. The quantitative estimate of drug-likeness (QED) is 0.900. The summed E-state index contributed by atoms with van der Waals surface area (Å²) in [6, 6.07) is 6.34. The molecule has 18 heavy (non-hydrogen) atoms. The average molecular weight is 335 g/mol. The number of benzene rings is 1. The normalized spacial score (nSPS) is 16.1. The first-order valence-electron chi connectivity index (χ1n) is 6.45. The van der Waals surface area contributed by atoms with Gasteiger partial charge in [-0.2, -0.15) is 0 Å². The molecule has 102 valence electrons. The van der Waals surface area contributed by atoms with Crippen LogP contribution in [0.1, 0.15) is 31.7 Å². The van der Waals surface area contributed by atoms with Gasteiger partial charge in [0.25, 0.3) is 0 Å². The molecule has 1 aromatic carbocycles. The van der Waals surface area contributed by atoms with Crippen LogP contribution in [0.5, 0.6) is 5.75 Å². The fourth-order valence-electron chi connectivity index (χ4n) is 2.22. The van der Waals surface area contributed by atoms with Crippen LogP contribution in [0.3, 0.4) is 0 Å². The van der Waals surface area contributed by atoms with Crippen LogP contribution in [0.4, 0.5) is 0 Å². The topological polar surface area (TPSA) is 21.3 Å². The maximum Gasteiger partial charge on any atom is 0.122 e. The molecule has 1 saturated heterocycles. The number of aryl methyl sites for hydroxylation is 1. The number of halogens is 2. The van der Waals surface area contributed by atoms with E-state index in [1.165, 1.54) is 5.56 Å². The molecule has 0 saturated carbocycles. The molecule has 1 fully saturated rings. The second kappa shape index (κ2) is 8.03. The maximum atomic E-state index is 6.13. The van der Waals surface area contributed by atoms with Crippen molar-refractivity contribution in [3.63, 3.8) is 0 Å². The van der Waals surface area contributed by atoms with Gasteiger partial charge in [-0.15, -0.1) is 12.4 Å². The van der Waals surface area contributed by atoms with Crippen molar-refractivity contribution in [2.24, 2.45) is 0 Å². The van der Waals surface area contributed by atoms with Crippen LogP contribution in [0.2, 0.25) is 0 Å². The van der Waals surface area contributed by atoms with E-state index in [0.29, 0.717) is 6.10 Å². The Labute approximate surface area is 124 Å². The molecule has 1 heterocycles. The molecule has 1 aliphatic heterocycles. The van der Waals surface area contributed by atoms with Gasteiger partial charge in [0, 0.05) is 4.47 Å². The molecular formula is C14H21BrClNO. The Hall–Kier alpha value is -0.250.